The second-order valence-corrected chi connectivity index (χ2v) is 6.13. The summed E-state index contributed by atoms with van der Waals surface area (Å²) in [6.07, 6.45) is 3.99. The van der Waals surface area contributed by atoms with E-state index in [1.165, 1.54) is 0 Å². The largest absolute Gasteiger partial charge is 0.481 e. The monoisotopic (exact) mass is 319 g/mol. The van der Waals surface area contributed by atoms with Gasteiger partial charge in [-0.25, -0.2) is 4.98 Å². The molecule has 0 aromatic carbocycles. The van der Waals surface area contributed by atoms with E-state index in [1.54, 1.807) is 19.4 Å². The molecule has 0 radical (unpaired) electrons. The fraction of sp³-hybridized carbons (Fsp3) is 0.688. The zero-order valence-corrected chi connectivity index (χ0v) is 13.9. The summed E-state index contributed by atoms with van der Waals surface area (Å²) in [6.45, 7) is 7.21. The number of aromatic nitrogens is 2. The van der Waals surface area contributed by atoms with Crippen molar-refractivity contribution in [3.8, 4) is 5.88 Å². The molecule has 2 fully saturated rings. The van der Waals surface area contributed by atoms with Crippen LogP contribution in [-0.4, -0.2) is 78.1 Å². The highest BCUT2D eigenvalue weighted by atomic mass is 16.5. The van der Waals surface area contributed by atoms with Gasteiger partial charge in [0.05, 0.1) is 13.2 Å². The van der Waals surface area contributed by atoms with Gasteiger partial charge in [0.2, 0.25) is 17.7 Å². The maximum Gasteiger partial charge on any atom is 0.239 e. The minimum atomic E-state index is -0.0403. The first-order valence-electron chi connectivity index (χ1n) is 8.34. The minimum Gasteiger partial charge on any atom is -0.481 e. The summed E-state index contributed by atoms with van der Waals surface area (Å²) in [5.41, 5.74) is 0. The Morgan fingerprint density at radius 2 is 1.87 bits per heavy atom. The highest BCUT2D eigenvalue weighted by Gasteiger charge is 2.30. The molecular formula is C16H25N5O2. The van der Waals surface area contributed by atoms with Gasteiger partial charge >= 0.3 is 0 Å². The second kappa shape index (κ2) is 7.12. The number of carbonyl (C=O) groups is 1. The Morgan fingerprint density at radius 1 is 1.17 bits per heavy atom. The molecule has 0 unspecified atom stereocenters. The summed E-state index contributed by atoms with van der Waals surface area (Å²) < 4.78 is 5.16. The number of hydrogen-bond donors (Lipinski definition) is 0. The van der Waals surface area contributed by atoms with Crippen LogP contribution >= 0.6 is 0 Å². The Labute approximate surface area is 137 Å². The van der Waals surface area contributed by atoms with E-state index in [9.17, 15) is 4.79 Å². The van der Waals surface area contributed by atoms with Crippen LogP contribution in [0.4, 0.5) is 5.95 Å². The molecule has 3 rings (SSSR count). The van der Waals surface area contributed by atoms with Crippen LogP contribution < -0.4 is 9.64 Å². The van der Waals surface area contributed by atoms with E-state index in [4.69, 9.17) is 4.74 Å². The minimum absolute atomic E-state index is 0.0403. The van der Waals surface area contributed by atoms with Crippen molar-refractivity contribution in [2.45, 2.75) is 25.8 Å². The number of hydrogen-bond acceptors (Lipinski definition) is 6. The standard InChI is InChI=1S/C16H25N5O2/c1-13(15(22)20-7-3-4-8-20)19-9-11-21(12-10-19)16-17-6-5-14(18-16)23-2/h5-6,13H,3-4,7-12H2,1-2H3/t13-/m0/s1. The molecule has 1 aromatic heterocycles. The summed E-state index contributed by atoms with van der Waals surface area (Å²) in [6, 6.07) is 1.71. The molecule has 0 N–H and O–H groups in total. The Morgan fingerprint density at radius 3 is 2.52 bits per heavy atom. The number of methoxy groups -OCH3 is 1. The van der Waals surface area contributed by atoms with Gasteiger partial charge in [0.25, 0.3) is 0 Å². The molecule has 7 heteroatoms. The number of nitrogens with zero attached hydrogens (tertiary/aromatic N) is 5. The van der Waals surface area contributed by atoms with Gasteiger partial charge in [-0.15, -0.1) is 0 Å². The van der Waals surface area contributed by atoms with Crippen LogP contribution in [0.1, 0.15) is 19.8 Å². The third kappa shape index (κ3) is 3.55. The summed E-state index contributed by atoms with van der Waals surface area (Å²) in [7, 11) is 1.61. The average molecular weight is 319 g/mol. The first kappa shape index (κ1) is 16.0. The van der Waals surface area contributed by atoms with Crippen molar-refractivity contribution >= 4 is 11.9 Å². The van der Waals surface area contributed by atoms with Crippen LogP contribution in [0.25, 0.3) is 0 Å². The SMILES string of the molecule is COc1ccnc(N2CCN([C@@H](C)C(=O)N3CCCC3)CC2)n1. The summed E-state index contributed by atoms with van der Waals surface area (Å²) in [5, 5.41) is 0. The van der Waals surface area contributed by atoms with Gasteiger partial charge in [-0.2, -0.15) is 4.98 Å². The first-order valence-corrected chi connectivity index (χ1v) is 8.34. The molecule has 1 atom stereocenters. The molecule has 2 saturated heterocycles. The molecule has 2 aliphatic rings. The van der Waals surface area contributed by atoms with E-state index >= 15 is 0 Å². The highest BCUT2D eigenvalue weighted by Crippen LogP contribution is 2.17. The van der Waals surface area contributed by atoms with E-state index in [2.05, 4.69) is 19.8 Å². The van der Waals surface area contributed by atoms with Crippen LogP contribution in [-0.2, 0) is 4.79 Å². The number of piperazine rings is 1. The molecule has 1 aromatic rings. The third-order valence-electron chi connectivity index (χ3n) is 4.75. The molecule has 23 heavy (non-hydrogen) atoms. The van der Waals surface area contributed by atoms with Crippen LogP contribution in [0.3, 0.4) is 0 Å². The number of amides is 1. The van der Waals surface area contributed by atoms with E-state index < -0.39 is 0 Å². The number of likely N-dealkylation sites (tertiary alicyclic amines) is 1. The van der Waals surface area contributed by atoms with Crippen molar-refractivity contribution in [3.63, 3.8) is 0 Å². The van der Waals surface area contributed by atoms with Crippen molar-refractivity contribution in [1.82, 2.24) is 19.8 Å². The Hall–Kier alpha value is -1.89. The highest BCUT2D eigenvalue weighted by molar-refractivity contribution is 5.81. The fourth-order valence-corrected chi connectivity index (χ4v) is 3.27. The molecular weight excluding hydrogens is 294 g/mol. The van der Waals surface area contributed by atoms with Crippen molar-refractivity contribution in [3.05, 3.63) is 12.3 Å². The molecule has 7 nitrogen and oxygen atoms in total. The van der Waals surface area contributed by atoms with Crippen molar-refractivity contribution < 1.29 is 9.53 Å². The lowest BCUT2D eigenvalue weighted by Gasteiger charge is -2.38. The number of anilines is 1. The molecule has 126 valence electrons. The fourth-order valence-electron chi connectivity index (χ4n) is 3.27. The predicted octanol–water partition coefficient (Wildman–Crippen LogP) is 0.618. The third-order valence-corrected chi connectivity index (χ3v) is 4.75. The Bertz CT molecular complexity index is 539. The number of ether oxygens (including phenoxy) is 1. The summed E-state index contributed by atoms with van der Waals surface area (Å²) in [5.74, 6) is 1.55. The number of rotatable bonds is 4. The zero-order valence-electron chi connectivity index (χ0n) is 13.9. The lowest BCUT2D eigenvalue weighted by atomic mass is 10.2. The van der Waals surface area contributed by atoms with Crippen LogP contribution in [0.2, 0.25) is 0 Å². The normalized spacial score (nSPS) is 20.6. The van der Waals surface area contributed by atoms with Crippen molar-refractivity contribution in [2.75, 3.05) is 51.3 Å². The quantitative estimate of drug-likeness (QED) is 0.811. The van der Waals surface area contributed by atoms with Gasteiger partial charge in [0.15, 0.2) is 0 Å². The van der Waals surface area contributed by atoms with Crippen LogP contribution in [0.15, 0.2) is 12.3 Å². The topological polar surface area (TPSA) is 61.8 Å². The van der Waals surface area contributed by atoms with Gasteiger partial charge in [-0.05, 0) is 19.8 Å². The van der Waals surface area contributed by atoms with E-state index in [-0.39, 0.29) is 11.9 Å². The molecule has 0 spiro atoms. The molecule has 1 amide bonds. The Kier molecular flexibility index (Phi) is 4.95. The molecule has 0 bridgehead atoms. The van der Waals surface area contributed by atoms with Gasteiger partial charge < -0.3 is 14.5 Å². The van der Waals surface area contributed by atoms with Crippen LogP contribution in [0, 0.1) is 0 Å². The van der Waals surface area contributed by atoms with E-state index in [0.717, 1.165) is 52.1 Å². The van der Waals surface area contributed by atoms with Crippen LogP contribution in [0.5, 0.6) is 5.88 Å². The maximum absolute atomic E-state index is 12.5. The first-order chi connectivity index (χ1) is 11.2. The smallest absolute Gasteiger partial charge is 0.239 e. The second-order valence-electron chi connectivity index (χ2n) is 6.13. The summed E-state index contributed by atoms with van der Waals surface area (Å²) >= 11 is 0. The van der Waals surface area contributed by atoms with Gasteiger partial charge in [-0.3, -0.25) is 9.69 Å². The molecule has 3 heterocycles. The molecule has 0 aliphatic carbocycles. The van der Waals surface area contributed by atoms with E-state index in [0.29, 0.717) is 11.8 Å². The van der Waals surface area contributed by atoms with Crippen molar-refractivity contribution in [2.24, 2.45) is 0 Å². The lowest BCUT2D eigenvalue weighted by molar-refractivity contribution is -0.135. The molecule has 0 saturated carbocycles. The Balaban J connectivity index is 1.56. The molecule has 2 aliphatic heterocycles. The zero-order chi connectivity index (χ0) is 16.2. The average Bonchev–Trinajstić information content (AvgIpc) is 3.15. The van der Waals surface area contributed by atoms with Gasteiger partial charge in [0, 0.05) is 51.5 Å². The lowest BCUT2D eigenvalue weighted by Crippen LogP contribution is -2.54. The predicted molar refractivity (Wildman–Crippen MR) is 87.6 cm³/mol. The maximum atomic E-state index is 12.5. The van der Waals surface area contributed by atoms with Gasteiger partial charge in [0.1, 0.15) is 0 Å². The van der Waals surface area contributed by atoms with E-state index in [1.807, 2.05) is 11.8 Å². The number of carbonyl (C=O) groups excluding carboxylic acids is 1. The van der Waals surface area contributed by atoms with Crippen molar-refractivity contribution in [1.29, 1.82) is 0 Å². The van der Waals surface area contributed by atoms with Gasteiger partial charge in [-0.1, -0.05) is 0 Å². The summed E-state index contributed by atoms with van der Waals surface area (Å²) in [4.78, 5) is 27.6.